The number of hydrogen-bond donors (Lipinski definition) is 1. The van der Waals surface area contributed by atoms with E-state index in [1.54, 1.807) is 11.3 Å². The van der Waals surface area contributed by atoms with Crippen LogP contribution in [0.3, 0.4) is 0 Å². The standard InChI is InChI=1S/C15H21N3S/c1-11(13-7-5-6-8-16-13)17-9-12-10-18-14(19-12)15(2,3)4/h5-8,10-11,17H,9H2,1-4H3. The van der Waals surface area contributed by atoms with Crippen LogP contribution in [0.1, 0.15) is 49.3 Å². The number of aromatic nitrogens is 2. The maximum Gasteiger partial charge on any atom is 0.0981 e. The van der Waals surface area contributed by atoms with Crippen LogP contribution >= 0.6 is 11.3 Å². The Balaban J connectivity index is 1.94. The molecular formula is C15H21N3S. The fourth-order valence-electron chi connectivity index (χ4n) is 1.73. The first-order valence-electron chi connectivity index (χ1n) is 6.56. The summed E-state index contributed by atoms with van der Waals surface area (Å²) in [6.07, 6.45) is 3.81. The lowest BCUT2D eigenvalue weighted by atomic mass is 9.98. The van der Waals surface area contributed by atoms with Crippen LogP contribution in [0.15, 0.2) is 30.6 Å². The van der Waals surface area contributed by atoms with E-state index in [-0.39, 0.29) is 11.5 Å². The van der Waals surface area contributed by atoms with Gasteiger partial charge < -0.3 is 5.32 Å². The molecule has 0 aromatic carbocycles. The smallest absolute Gasteiger partial charge is 0.0981 e. The Labute approximate surface area is 119 Å². The molecule has 1 unspecified atom stereocenters. The van der Waals surface area contributed by atoms with Crippen molar-refractivity contribution >= 4 is 11.3 Å². The average Bonchev–Trinajstić information content (AvgIpc) is 2.86. The van der Waals surface area contributed by atoms with Gasteiger partial charge in [-0.15, -0.1) is 11.3 Å². The summed E-state index contributed by atoms with van der Waals surface area (Å²) >= 11 is 1.78. The summed E-state index contributed by atoms with van der Waals surface area (Å²) in [7, 11) is 0. The highest BCUT2D eigenvalue weighted by Crippen LogP contribution is 2.26. The Morgan fingerprint density at radius 1 is 1.26 bits per heavy atom. The minimum atomic E-state index is 0.134. The number of hydrogen-bond acceptors (Lipinski definition) is 4. The zero-order valence-corrected chi connectivity index (χ0v) is 12.8. The van der Waals surface area contributed by atoms with Gasteiger partial charge in [0, 0.05) is 35.3 Å². The van der Waals surface area contributed by atoms with E-state index in [2.05, 4.69) is 43.0 Å². The minimum absolute atomic E-state index is 0.134. The van der Waals surface area contributed by atoms with Crippen LogP contribution in [-0.4, -0.2) is 9.97 Å². The highest BCUT2D eigenvalue weighted by Gasteiger charge is 2.18. The summed E-state index contributed by atoms with van der Waals surface area (Å²) in [4.78, 5) is 10.1. The molecule has 0 saturated heterocycles. The molecule has 19 heavy (non-hydrogen) atoms. The molecule has 0 radical (unpaired) electrons. The van der Waals surface area contributed by atoms with Gasteiger partial charge in [-0.25, -0.2) is 4.98 Å². The summed E-state index contributed by atoms with van der Waals surface area (Å²) < 4.78 is 0. The first kappa shape index (κ1) is 14.2. The quantitative estimate of drug-likeness (QED) is 0.925. The van der Waals surface area contributed by atoms with E-state index < -0.39 is 0 Å². The molecule has 2 aromatic rings. The van der Waals surface area contributed by atoms with Gasteiger partial charge in [0.05, 0.1) is 10.7 Å². The molecule has 1 N–H and O–H groups in total. The molecule has 4 heteroatoms. The highest BCUT2D eigenvalue weighted by atomic mass is 32.1. The highest BCUT2D eigenvalue weighted by molar-refractivity contribution is 7.11. The molecule has 0 aliphatic rings. The maximum atomic E-state index is 4.50. The van der Waals surface area contributed by atoms with Crippen molar-refractivity contribution in [2.24, 2.45) is 0 Å². The third-order valence-corrected chi connectivity index (χ3v) is 4.33. The number of rotatable bonds is 4. The van der Waals surface area contributed by atoms with Crippen molar-refractivity contribution in [2.75, 3.05) is 0 Å². The SMILES string of the molecule is CC(NCc1cnc(C(C)(C)C)s1)c1ccccn1. The third-order valence-electron chi connectivity index (χ3n) is 2.91. The van der Waals surface area contributed by atoms with Crippen molar-refractivity contribution in [2.45, 2.75) is 45.7 Å². The van der Waals surface area contributed by atoms with E-state index in [0.29, 0.717) is 0 Å². The third kappa shape index (κ3) is 3.85. The second-order valence-corrected chi connectivity index (χ2v) is 6.85. The molecule has 0 spiro atoms. The zero-order chi connectivity index (χ0) is 13.9. The van der Waals surface area contributed by atoms with E-state index in [1.807, 2.05) is 30.6 Å². The molecule has 0 amide bonds. The van der Waals surface area contributed by atoms with Gasteiger partial charge in [-0.3, -0.25) is 4.98 Å². The average molecular weight is 275 g/mol. The topological polar surface area (TPSA) is 37.8 Å². The summed E-state index contributed by atoms with van der Waals surface area (Å²) in [6.45, 7) is 9.55. The van der Waals surface area contributed by atoms with Crippen LogP contribution in [0, 0.1) is 0 Å². The Morgan fingerprint density at radius 3 is 2.63 bits per heavy atom. The number of thiazole rings is 1. The molecular weight excluding hydrogens is 254 g/mol. The normalized spacial score (nSPS) is 13.5. The fraction of sp³-hybridized carbons (Fsp3) is 0.467. The van der Waals surface area contributed by atoms with Gasteiger partial charge in [-0.2, -0.15) is 0 Å². The first-order valence-corrected chi connectivity index (χ1v) is 7.38. The van der Waals surface area contributed by atoms with Crippen LogP contribution in [0.5, 0.6) is 0 Å². The first-order chi connectivity index (χ1) is 8.97. The largest absolute Gasteiger partial charge is 0.304 e. The van der Waals surface area contributed by atoms with Crippen molar-refractivity contribution in [3.63, 3.8) is 0 Å². The fourth-order valence-corrected chi connectivity index (χ4v) is 2.65. The molecule has 2 aromatic heterocycles. The van der Waals surface area contributed by atoms with Gasteiger partial charge in [-0.1, -0.05) is 26.8 Å². The maximum absolute atomic E-state index is 4.50. The van der Waals surface area contributed by atoms with E-state index in [4.69, 9.17) is 0 Å². The van der Waals surface area contributed by atoms with Crippen molar-refractivity contribution in [3.05, 3.63) is 46.2 Å². The number of nitrogens with zero attached hydrogens (tertiary/aromatic N) is 2. The van der Waals surface area contributed by atoms with Gasteiger partial charge in [0.2, 0.25) is 0 Å². The van der Waals surface area contributed by atoms with E-state index in [1.165, 1.54) is 9.88 Å². The molecule has 0 fully saturated rings. The molecule has 2 heterocycles. The number of nitrogens with one attached hydrogen (secondary N) is 1. The van der Waals surface area contributed by atoms with Gasteiger partial charge in [0.15, 0.2) is 0 Å². The Bertz CT molecular complexity index is 514. The molecule has 0 bridgehead atoms. The van der Waals surface area contributed by atoms with Crippen LogP contribution in [0.2, 0.25) is 0 Å². The predicted octanol–water partition coefficient (Wildman–Crippen LogP) is 3.69. The summed E-state index contributed by atoms with van der Waals surface area (Å²) in [6, 6.07) is 6.26. The van der Waals surface area contributed by atoms with Gasteiger partial charge >= 0.3 is 0 Å². The summed E-state index contributed by atoms with van der Waals surface area (Å²) in [5.41, 5.74) is 1.21. The Kier molecular flexibility index (Phi) is 4.32. The molecule has 0 saturated carbocycles. The lowest BCUT2D eigenvalue weighted by molar-refractivity contribution is 0.565. The van der Waals surface area contributed by atoms with Gasteiger partial charge in [-0.05, 0) is 19.1 Å². The number of pyridine rings is 1. The predicted molar refractivity (Wildman–Crippen MR) is 80.3 cm³/mol. The minimum Gasteiger partial charge on any atom is -0.304 e. The second-order valence-electron chi connectivity index (χ2n) is 5.74. The summed E-state index contributed by atoms with van der Waals surface area (Å²) in [5.74, 6) is 0. The summed E-state index contributed by atoms with van der Waals surface area (Å²) in [5, 5.41) is 4.68. The Hall–Kier alpha value is -1.26. The molecule has 0 aliphatic heterocycles. The van der Waals surface area contributed by atoms with Crippen LogP contribution in [0.25, 0.3) is 0 Å². The van der Waals surface area contributed by atoms with Crippen molar-refractivity contribution in [1.82, 2.24) is 15.3 Å². The van der Waals surface area contributed by atoms with Crippen LogP contribution in [0.4, 0.5) is 0 Å². The van der Waals surface area contributed by atoms with Crippen LogP contribution in [-0.2, 0) is 12.0 Å². The molecule has 102 valence electrons. The lowest BCUT2D eigenvalue weighted by Gasteiger charge is -2.14. The second kappa shape index (κ2) is 5.80. The van der Waals surface area contributed by atoms with Crippen molar-refractivity contribution in [1.29, 1.82) is 0 Å². The van der Waals surface area contributed by atoms with Crippen LogP contribution < -0.4 is 5.32 Å². The molecule has 0 aliphatic carbocycles. The van der Waals surface area contributed by atoms with Gasteiger partial charge in [0.25, 0.3) is 0 Å². The molecule has 1 atom stereocenters. The zero-order valence-electron chi connectivity index (χ0n) is 12.0. The Morgan fingerprint density at radius 2 is 2.05 bits per heavy atom. The van der Waals surface area contributed by atoms with E-state index in [9.17, 15) is 0 Å². The lowest BCUT2D eigenvalue weighted by Crippen LogP contribution is -2.18. The van der Waals surface area contributed by atoms with E-state index in [0.717, 1.165) is 12.2 Å². The van der Waals surface area contributed by atoms with Gasteiger partial charge in [0.1, 0.15) is 0 Å². The van der Waals surface area contributed by atoms with E-state index >= 15 is 0 Å². The monoisotopic (exact) mass is 275 g/mol. The van der Waals surface area contributed by atoms with Crippen molar-refractivity contribution < 1.29 is 0 Å². The van der Waals surface area contributed by atoms with Crippen molar-refractivity contribution in [3.8, 4) is 0 Å². The molecule has 3 nitrogen and oxygen atoms in total. The molecule has 2 rings (SSSR count).